The summed E-state index contributed by atoms with van der Waals surface area (Å²) in [6.45, 7) is 0.429. The van der Waals surface area contributed by atoms with Crippen LogP contribution in [-0.2, 0) is 0 Å². The number of aliphatic hydroxyl groups excluding tert-OH is 2. The van der Waals surface area contributed by atoms with Crippen molar-refractivity contribution in [3.8, 4) is 11.5 Å². The Morgan fingerprint density at radius 1 is 0.586 bits per heavy atom. The molecule has 0 aliphatic carbocycles. The van der Waals surface area contributed by atoms with E-state index in [1.54, 1.807) is 0 Å². The van der Waals surface area contributed by atoms with Gasteiger partial charge in [0.1, 0.15) is 35.9 Å². The molecule has 0 saturated heterocycles. The maximum atomic E-state index is 9.12. The van der Waals surface area contributed by atoms with Gasteiger partial charge in [0, 0.05) is 21.5 Å². The Morgan fingerprint density at radius 2 is 1.07 bits per heavy atom. The first-order chi connectivity index (χ1) is 14.3. The van der Waals surface area contributed by atoms with Gasteiger partial charge in [-0.2, -0.15) is 0 Å². The number of hydrogen-bond donors (Lipinski definition) is 2. The molecular formula is C24H20O5. The lowest BCUT2D eigenvalue weighted by molar-refractivity contribution is 0.203. The Kier molecular flexibility index (Phi) is 4.46. The first-order valence-electron chi connectivity index (χ1n) is 9.59. The number of benzene rings is 4. The smallest absolute Gasteiger partial charge is 0.136 e. The van der Waals surface area contributed by atoms with Crippen LogP contribution in [-0.4, -0.2) is 36.6 Å². The number of hydrogen-bond acceptors (Lipinski definition) is 5. The summed E-state index contributed by atoms with van der Waals surface area (Å²) in [4.78, 5) is 0. The second-order valence-electron chi connectivity index (χ2n) is 6.83. The number of aliphatic hydroxyl groups is 2. The van der Waals surface area contributed by atoms with E-state index >= 15 is 0 Å². The van der Waals surface area contributed by atoms with Crippen LogP contribution in [0.4, 0.5) is 0 Å². The second-order valence-corrected chi connectivity index (χ2v) is 6.83. The van der Waals surface area contributed by atoms with Crippen LogP contribution in [0.1, 0.15) is 0 Å². The van der Waals surface area contributed by atoms with E-state index in [9.17, 15) is 0 Å². The molecule has 5 heteroatoms. The molecule has 0 aliphatic heterocycles. The highest BCUT2D eigenvalue weighted by atomic mass is 16.5. The van der Waals surface area contributed by atoms with Gasteiger partial charge in [-0.05, 0) is 47.2 Å². The van der Waals surface area contributed by atoms with Gasteiger partial charge in [0.2, 0.25) is 0 Å². The first-order valence-corrected chi connectivity index (χ1v) is 9.59. The molecule has 0 saturated carbocycles. The van der Waals surface area contributed by atoms with Crippen LogP contribution >= 0.6 is 0 Å². The molecule has 2 N–H and O–H groups in total. The first kappa shape index (κ1) is 17.8. The molecular weight excluding hydrogens is 368 g/mol. The highest BCUT2D eigenvalue weighted by Crippen LogP contribution is 2.42. The summed E-state index contributed by atoms with van der Waals surface area (Å²) in [6, 6.07) is 19.7. The third-order valence-electron chi connectivity index (χ3n) is 5.13. The van der Waals surface area contributed by atoms with Gasteiger partial charge in [0.15, 0.2) is 0 Å². The minimum absolute atomic E-state index is 0.0332. The molecule has 1 aromatic heterocycles. The lowest BCUT2D eigenvalue weighted by Gasteiger charge is -2.10. The molecule has 5 nitrogen and oxygen atoms in total. The summed E-state index contributed by atoms with van der Waals surface area (Å²) >= 11 is 0. The lowest BCUT2D eigenvalue weighted by atomic mass is 9.99. The van der Waals surface area contributed by atoms with E-state index in [0.717, 1.165) is 55.0 Å². The van der Waals surface area contributed by atoms with Crippen LogP contribution < -0.4 is 9.47 Å². The van der Waals surface area contributed by atoms with E-state index in [1.807, 2.05) is 48.5 Å². The van der Waals surface area contributed by atoms with Crippen LogP contribution in [0.25, 0.3) is 43.5 Å². The summed E-state index contributed by atoms with van der Waals surface area (Å²) in [7, 11) is 0. The summed E-state index contributed by atoms with van der Waals surface area (Å²) in [6.07, 6.45) is 0. The SMILES string of the molecule is OCCOc1cccc2c1ccc1oc3ccc4c(OCCO)cccc4c3c12. The van der Waals surface area contributed by atoms with Gasteiger partial charge in [0.05, 0.1) is 13.2 Å². The van der Waals surface area contributed by atoms with Gasteiger partial charge in [-0.25, -0.2) is 0 Å². The fourth-order valence-electron chi connectivity index (χ4n) is 3.99. The van der Waals surface area contributed by atoms with Gasteiger partial charge < -0.3 is 24.1 Å². The largest absolute Gasteiger partial charge is 0.491 e. The van der Waals surface area contributed by atoms with Gasteiger partial charge >= 0.3 is 0 Å². The predicted molar refractivity (Wildman–Crippen MR) is 114 cm³/mol. The normalized spacial score (nSPS) is 11.7. The van der Waals surface area contributed by atoms with Gasteiger partial charge in [0.25, 0.3) is 0 Å². The van der Waals surface area contributed by atoms with Crippen LogP contribution in [0.15, 0.2) is 65.1 Å². The molecule has 0 amide bonds. The topological polar surface area (TPSA) is 72.1 Å². The van der Waals surface area contributed by atoms with Crippen molar-refractivity contribution in [3.63, 3.8) is 0 Å². The van der Waals surface area contributed by atoms with Crippen LogP contribution in [0.3, 0.4) is 0 Å². The van der Waals surface area contributed by atoms with Gasteiger partial charge in [-0.1, -0.05) is 24.3 Å². The van der Waals surface area contributed by atoms with Gasteiger partial charge in [-0.3, -0.25) is 0 Å². The Hall–Kier alpha value is -3.28. The Morgan fingerprint density at radius 3 is 1.52 bits per heavy atom. The Labute approximate surface area is 166 Å². The third-order valence-corrected chi connectivity index (χ3v) is 5.13. The second kappa shape index (κ2) is 7.28. The van der Waals surface area contributed by atoms with E-state index < -0.39 is 0 Å². The molecule has 0 bridgehead atoms. The molecule has 4 aromatic carbocycles. The van der Waals surface area contributed by atoms with Crippen LogP contribution in [0, 0.1) is 0 Å². The average molecular weight is 388 g/mol. The standard InChI is InChI=1S/C24H20O5/c25-11-13-27-19-5-1-3-17-15(19)7-9-21-23(17)24-18-4-2-6-20(28-14-12-26)16(18)8-10-22(24)29-21/h1-10,25-26H,11-14H2. The van der Waals surface area contributed by atoms with E-state index in [4.69, 9.17) is 24.1 Å². The maximum Gasteiger partial charge on any atom is 0.136 e. The van der Waals surface area contributed by atoms with Crippen molar-refractivity contribution in [1.29, 1.82) is 0 Å². The highest BCUT2D eigenvalue weighted by molar-refractivity contribution is 6.27. The summed E-state index contributed by atoms with van der Waals surface area (Å²) in [5.74, 6) is 1.47. The lowest BCUT2D eigenvalue weighted by Crippen LogP contribution is -2.02. The molecule has 29 heavy (non-hydrogen) atoms. The minimum atomic E-state index is -0.0332. The van der Waals surface area contributed by atoms with E-state index in [1.165, 1.54) is 0 Å². The number of furan rings is 1. The number of ether oxygens (including phenoxy) is 2. The number of rotatable bonds is 6. The van der Waals surface area contributed by atoms with Crippen molar-refractivity contribution >= 4 is 43.5 Å². The zero-order valence-electron chi connectivity index (χ0n) is 15.7. The van der Waals surface area contributed by atoms with Crippen molar-refractivity contribution < 1.29 is 24.1 Å². The van der Waals surface area contributed by atoms with Crippen molar-refractivity contribution in [1.82, 2.24) is 0 Å². The van der Waals surface area contributed by atoms with E-state index in [2.05, 4.69) is 12.1 Å². The van der Waals surface area contributed by atoms with Crippen LogP contribution in [0.2, 0.25) is 0 Å². The zero-order valence-corrected chi connectivity index (χ0v) is 15.7. The summed E-state index contributed by atoms with van der Waals surface area (Å²) in [5, 5.41) is 24.3. The van der Waals surface area contributed by atoms with Crippen molar-refractivity contribution in [2.24, 2.45) is 0 Å². The van der Waals surface area contributed by atoms with Crippen molar-refractivity contribution in [2.75, 3.05) is 26.4 Å². The van der Waals surface area contributed by atoms with Gasteiger partial charge in [-0.15, -0.1) is 0 Å². The molecule has 5 aromatic rings. The molecule has 1 heterocycles. The molecule has 0 aliphatic rings. The molecule has 5 rings (SSSR count). The molecule has 0 unspecified atom stereocenters. The molecule has 0 atom stereocenters. The molecule has 146 valence electrons. The van der Waals surface area contributed by atoms with Crippen LogP contribution in [0.5, 0.6) is 11.5 Å². The summed E-state index contributed by atoms with van der Waals surface area (Å²) < 4.78 is 17.6. The van der Waals surface area contributed by atoms with E-state index in [0.29, 0.717) is 0 Å². The molecule has 0 fully saturated rings. The van der Waals surface area contributed by atoms with Crippen molar-refractivity contribution in [2.45, 2.75) is 0 Å². The summed E-state index contributed by atoms with van der Waals surface area (Å²) in [5.41, 5.74) is 1.61. The molecule has 0 radical (unpaired) electrons. The highest BCUT2D eigenvalue weighted by Gasteiger charge is 2.16. The quantitative estimate of drug-likeness (QED) is 0.444. The number of fused-ring (bicyclic) bond motifs is 7. The maximum absolute atomic E-state index is 9.12. The molecule has 0 spiro atoms. The fourth-order valence-corrected chi connectivity index (χ4v) is 3.99. The Bertz CT molecular complexity index is 1230. The zero-order chi connectivity index (χ0) is 19.8. The third kappa shape index (κ3) is 2.87. The van der Waals surface area contributed by atoms with E-state index in [-0.39, 0.29) is 26.4 Å². The average Bonchev–Trinajstić information content (AvgIpc) is 3.15. The fraction of sp³-hybridized carbons (Fsp3) is 0.167. The predicted octanol–water partition coefficient (Wildman–Crippen LogP) is 4.63. The monoisotopic (exact) mass is 388 g/mol. The minimum Gasteiger partial charge on any atom is -0.491 e. The van der Waals surface area contributed by atoms with Crippen molar-refractivity contribution in [3.05, 3.63) is 60.7 Å². The Balaban J connectivity index is 1.85.